The molecule has 88 valence electrons. The SMILES string of the molecule is CN(CCCCO)CCN/C=C\[C@@H]1CN1. The molecule has 0 spiro atoms. The molecule has 0 aromatic carbocycles. The number of likely N-dealkylation sites (N-methyl/N-ethyl adjacent to an activating group) is 1. The Hall–Kier alpha value is -0.580. The second-order valence-electron chi connectivity index (χ2n) is 4.06. The summed E-state index contributed by atoms with van der Waals surface area (Å²) in [4.78, 5) is 2.28. The summed E-state index contributed by atoms with van der Waals surface area (Å²) in [5, 5.41) is 15.1. The van der Waals surface area contributed by atoms with E-state index < -0.39 is 0 Å². The van der Waals surface area contributed by atoms with Gasteiger partial charge in [0.15, 0.2) is 0 Å². The fraction of sp³-hybridized carbons (Fsp3) is 0.818. The van der Waals surface area contributed by atoms with E-state index in [1.165, 1.54) is 0 Å². The normalized spacial score (nSPS) is 20.1. The molecule has 1 aliphatic rings. The van der Waals surface area contributed by atoms with E-state index in [0.717, 1.165) is 39.0 Å². The third-order valence-electron chi connectivity index (χ3n) is 2.47. The highest BCUT2D eigenvalue weighted by molar-refractivity contribution is 5.02. The maximum Gasteiger partial charge on any atom is 0.0431 e. The number of aliphatic hydroxyl groups excluding tert-OH is 1. The van der Waals surface area contributed by atoms with Crippen LogP contribution in [0.4, 0.5) is 0 Å². The lowest BCUT2D eigenvalue weighted by atomic mass is 10.3. The van der Waals surface area contributed by atoms with Crippen LogP contribution in [-0.2, 0) is 0 Å². The first-order chi connectivity index (χ1) is 7.33. The van der Waals surface area contributed by atoms with E-state index in [-0.39, 0.29) is 0 Å². The summed E-state index contributed by atoms with van der Waals surface area (Å²) >= 11 is 0. The Morgan fingerprint density at radius 3 is 2.93 bits per heavy atom. The molecule has 1 fully saturated rings. The molecule has 1 rings (SSSR count). The van der Waals surface area contributed by atoms with Crippen LogP contribution in [0.25, 0.3) is 0 Å². The van der Waals surface area contributed by atoms with Gasteiger partial charge in [-0.25, -0.2) is 0 Å². The van der Waals surface area contributed by atoms with E-state index in [9.17, 15) is 0 Å². The second kappa shape index (κ2) is 7.68. The third-order valence-corrected chi connectivity index (χ3v) is 2.47. The molecule has 0 aliphatic carbocycles. The lowest BCUT2D eigenvalue weighted by Gasteiger charge is -2.15. The topological polar surface area (TPSA) is 57.4 Å². The van der Waals surface area contributed by atoms with E-state index in [4.69, 9.17) is 5.11 Å². The molecule has 0 bridgehead atoms. The van der Waals surface area contributed by atoms with Gasteiger partial charge in [0.1, 0.15) is 0 Å². The van der Waals surface area contributed by atoms with Crippen LogP contribution in [0.15, 0.2) is 12.3 Å². The van der Waals surface area contributed by atoms with Crippen molar-refractivity contribution in [3.8, 4) is 0 Å². The first-order valence-corrected chi connectivity index (χ1v) is 5.76. The van der Waals surface area contributed by atoms with Gasteiger partial charge in [-0.15, -0.1) is 0 Å². The van der Waals surface area contributed by atoms with E-state index in [1.807, 2.05) is 6.20 Å². The van der Waals surface area contributed by atoms with E-state index in [2.05, 4.69) is 28.7 Å². The summed E-state index contributed by atoms with van der Waals surface area (Å²) in [6, 6.07) is 0.611. The lowest BCUT2D eigenvalue weighted by molar-refractivity contribution is 0.264. The van der Waals surface area contributed by atoms with Crippen LogP contribution in [0.2, 0.25) is 0 Å². The molecular formula is C11H23N3O. The van der Waals surface area contributed by atoms with Crippen LogP contribution in [0.1, 0.15) is 12.8 Å². The summed E-state index contributed by atoms with van der Waals surface area (Å²) in [5.74, 6) is 0. The van der Waals surface area contributed by atoms with Crippen molar-refractivity contribution in [2.75, 3.05) is 39.8 Å². The molecule has 0 amide bonds. The fourth-order valence-corrected chi connectivity index (χ4v) is 1.33. The number of rotatable bonds is 9. The maximum atomic E-state index is 8.64. The van der Waals surface area contributed by atoms with Crippen molar-refractivity contribution >= 4 is 0 Å². The molecule has 4 heteroatoms. The van der Waals surface area contributed by atoms with Crippen LogP contribution in [-0.4, -0.2) is 55.9 Å². The third kappa shape index (κ3) is 7.36. The fourth-order valence-electron chi connectivity index (χ4n) is 1.33. The van der Waals surface area contributed by atoms with Crippen LogP contribution in [0, 0.1) is 0 Å². The van der Waals surface area contributed by atoms with Gasteiger partial charge in [-0.3, -0.25) is 0 Å². The zero-order valence-corrected chi connectivity index (χ0v) is 9.58. The summed E-state index contributed by atoms with van der Waals surface area (Å²) in [7, 11) is 2.12. The zero-order chi connectivity index (χ0) is 10.9. The van der Waals surface area contributed by atoms with Crippen molar-refractivity contribution in [3.63, 3.8) is 0 Å². The van der Waals surface area contributed by atoms with Gasteiger partial charge in [0, 0.05) is 32.3 Å². The number of nitrogens with one attached hydrogen (secondary N) is 2. The molecule has 0 radical (unpaired) electrons. The van der Waals surface area contributed by atoms with Crippen molar-refractivity contribution in [1.82, 2.24) is 15.5 Å². The highest BCUT2D eigenvalue weighted by atomic mass is 16.2. The van der Waals surface area contributed by atoms with Gasteiger partial charge in [0.2, 0.25) is 0 Å². The predicted molar refractivity (Wildman–Crippen MR) is 62.8 cm³/mol. The van der Waals surface area contributed by atoms with Crippen molar-refractivity contribution in [2.45, 2.75) is 18.9 Å². The van der Waals surface area contributed by atoms with Crippen molar-refractivity contribution in [2.24, 2.45) is 0 Å². The van der Waals surface area contributed by atoms with Crippen molar-refractivity contribution < 1.29 is 5.11 Å². The average Bonchev–Trinajstić information content (AvgIpc) is 3.02. The number of hydrogen-bond acceptors (Lipinski definition) is 4. The average molecular weight is 213 g/mol. The minimum atomic E-state index is 0.309. The first-order valence-electron chi connectivity index (χ1n) is 5.76. The minimum Gasteiger partial charge on any atom is -0.396 e. The predicted octanol–water partition coefficient (Wildman–Crippen LogP) is -0.234. The molecular weight excluding hydrogens is 190 g/mol. The van der Waals surface area contributed by atoms with Gasteiger partial charge in [-0.2, -0.15) is 0 Å². The molecule has 0 aromatic heterocycles. The van der Waals surface area contributed by atoms with Crippen molar-refractivity contribution in [1.29, 1.82) is 0 Å². The molecule has 15 heavy (non-hydrogen) atoms. The molecule has 4 nitrogen and oxygen atoms in total. The molecule has 0 saturated carbocycles. The van der Waals surface area contributed by atoms with Gasteiger partial charge in [-0.05, 0) is 32.6 Å². The van der Waals surface area contributed by atoms with Crippen LogP contribution in [0.5, 0.6) is 0 Å². The maximum absolute atomic E-state index is 8.64. The zero-order valence-electron chi connectivity index (χ0n) is 9.58. The van der Waals surface area contributed by atoms with E-state index >= 15 is 0 Å². The minimum absolute atomic E-state index is 0.309. The van der Waals surface area contributed by atoms with Crippen molar-refractivity contribution in [3.05, 3.63) is 12.3 Å². The van der Waals surface area contributed by atoms with Gasteiger partial charge >= 0.3 is 0 Å². The Morgan fingerprint density at radius 1 is 1.47 bits per heavy atom. The van der Waals surface area contributed by atoms with E-state index in [0.29, 0.717) is 12.6 Å². The molecule has 1 heterocycles. The Labute approximate surface area is 92.3 Å². The smallest absolute Gasteiger partial charge is 0.0431 e. The summed E-state index contributed by atoms with van der Waals surface area (Å²) in [6.07, 6.45) is 6.18. The second-order valence-corrected chi connectivity index (χ2v) is 4.06. The summed E-state index contributed by atoms with van der Waals surface area (Å²) in [5.41, 5.74) is 0. The van der Waals surface area contributed by atoms with E-state index in [1.54, 1.807) is 0 Å². The number of unbranched alkanes of at least 4 members (excludes halogenated alkanes) is 1. The Bertz CT molecular complexity index is 181. The molecule has 1 saturated heterocycles. The molecule has 0 aromatic rings. The number of nitrogens with zero attached hydrogens (tertiary/aromatic N) is 1. The van der Waals surface area contributed by atoms with Crippen LogP contribution >= 0.6 is 0 Å². The molecule has 0 unspecified atom stereocenters. The molecule has 1 atom stereocenters. The highest BCUT2D eigenvalue weighted by Gasteiger charge is 2.14. The Kier molecular flexibility index (Phi) is 6.39. The summed E-state index contributed by atoms with van der Waals surface area (Å²) < 4.78 is 0. The van der Waals surface area contributed by atoms with Crippen LogP contribution < -0.4 is 10.6 Å². The highest BCUT2D eigenvalue weighted by Crippen LogP contribution is 1.96. The van der Waals surface area contributed by atoms with Gasteiger partial charge in [-0.1, -0.05) is 6.08 Å². The Morgan fingerprint density at radius 2 is 2.27 bits per heavy atom. The van der Waals surface area contributed by atoms with Gasteiger partial charge in [0.25, 0.3) is 0 Å². The number of aliphatic hydroxyl groups is 1. The summed E-state index contributed by atoms with van der Waals surface area (Å²) in [6.45, 7) is 4.53. The van der Waals surface area contributed by atoms with Gasteiger partial charge in [0.05, 0.1) is 0 Å². The quantitative estimate of drug-likeness (QED) is 0.366. The largest absolute Gasteiger partial charge is 0.396 e. The first kappa shape index (κ1) is 12.5. The molecule has 3 N–H and O–H groups in total. The standard InChI is InChI=1S/C11H23N3O/c1-14(7-2-3-9-15)8-6-12-5-4-11-10-13-11/h4-5,11-13,15H,2-3,6-10H2,1H3/b5-4-/t11-/m1/s1. The number of hydrogen-bond donors (Lipinski definition) is 3. The Balaban J connectivity index is 1.84. The van der Waals surface area contributed by atoms with Gasteiger partial charge < -0.3 is 20.6 Å². The molecule has 1 aliphatic heterocycles. The van der Waals surface area contributed by atoms with Crippen LogP contribution in [0.3, 0.4) is 0 Å². The monoisotopic (exact) mass is 213 g/mol. The lowest BCUT2D eigenvalue weighted by Crippen LogP contribution is -2.28.